The van der Waals surface area contributed by atoms with Crippen LogP contribution < -0.4 is 5.32 Å². The molecule has 1 fully saturated rings. The molecule has 4 rings (SSSR count). The molecule has 0 spiro atoms. The quantitative estimate of drug-likeness (QED) is 0.648. The van der Waals surface area contributed by atoms with Crippen LogP contribution in [0.5, 0.6) is 0 Å². The van der Waals surface area contributed by atoms with E-state index in [4.69, 9.17) is 0 Å². The Hall–Kier alpha value is -3.35. The predicted octanol–water partition coefficient (Wildman–Crippen LogP) is 4.89. The number of nitrogens with zero attached hydrogens (tertiary/aromatic N) is 1. The van der Waals surface area contributed by atoms with Gasteiger partial charge in [0, 0.05) is 24.7 Å². The first-order chi connectivity index (χ1) is 14.8. The van der Waals surface area contributed by atoms with Crippen molar-refractivity contribution in [2.75, 3.05) is 13.1 Å². The Morgan fingerprint density at radius 2 is 1.45 bits per heavy atom. The average Bonchev–Trinajstić information content (AvgIpc) is 2.78. The topological polar surface area (TPSA) is 49.4 Å². The van der Waals surface area contributed by atoms with Gasteiger partial charge in [0.15, 0.2) is 0 Å². The van der Waals surface area contributed by atoms with Crippen LogP contribution in [0.15, 0.2) is 66.7 Å². The van der Waals surface area contributed by atoms with Gasteiger partial charge in [0.25, 0.3) is 11.8 Å². The monoisotopic (exact) mass is 426 g/mol. The van der Waals surface area contributed by atoms with Gasteiger partial charge in [-0.2, -0.15) is 13.2 Å². The molecule has 0 bridgehead atoms. The molecule has 4 nitrogen and oxygen atoms in total. The maximum atomic E-state index is 13.2. The summed E-state index contributed by atoms with van der Waals surface area (Å²) in [5, 5.41) is 4.84. The summed E-state index contributed by atoms with van der Waals surface area (Å²) >= 11 is 0. The van der Waals surface area contributed by atoms with Gasteiger partial charge in [0.1, 0.15) is 0 Å². The molecule has 1 aliphatic heterocycles. The number of halogens is 3. The Balaban J connectivity index is 1.41. The van der Waals surface area contributed by atoms with Crippen molar-refractivity contribution in [1.82, 2.24) is 10.2 Å². The molecule has 0 aromatic heterocycles. The summed E-state index contributed by atoms with van der Waals surface area (Å²) < 4.78 is 39.7. The van der Waals surface area contributed by atoms with Gasteiger partial charge in [-0.25, -0.2) is 0 Å². The highest BCUT2D eigenvalue weighted by atomic mass is 19.4. The number of piperidine rings is 1. The average molecular weight is 426 g/mol. The van der Waals surface area contributed by atoms with E-state index in [0.29, 0.717) is 18.4 Å². The third-order valence-corrected chi connectivity index (χ3v) is 5.61. The van der Waals surface area contributed by atoms with Gasteiger partial charge in [-0.1, -0.05) is 48.5 Å². The smallest absolute Gasteiger partial charge is 0.349 e. The van der Waals surface area contributed by atoms with Crippen molar-refractivity contribution in [1.29, 1.82) is 0 Å². The molecule has 31 heavy (non-hydrogen) atoms. The number of carbonyl (C=O) groups excluding carboxylic acids is 2. The number of amides is 2. The van der Waals surface area contributed by atoms with Crippen molar-refractivity contribution in [2.45, 2.75) is 25.1 Å². The van der Waals surface area contributed by atoms with Crippen molar-refractivity contribution >= 4 is 22.6 Å². The van der Waals surface area contributed by atoms with Gasteiger partial charge in [-0.05, 0) is 41.8 Å². The van der Waals surface area contributed by atoms with Gasteiger partial charge in [-0.15, -0.1) is 0 Å². The van der Waals surface area contributed by atoms with Gasteiger partial charge < -0.3 is 10.2 Å². The van der Waals surface area contributed by atoms with Crippen LogP contribution >= 0.6 is 0 Å². The fraction of sp³-hybridized carbons (Fsp3) is 0.250. The largest absolute Gasteiger partial charge is 0.417 e. The molecule has 0 atom stereocenters. The highest BCUT2D eigenvalue weighted by Crippen LogP contribution is 2.32. The molecule has 0 unspecified atom stereocenters. The highest BCUT2D eigenvalue weighted by Gasteiger charge is 2.36. The Kier molecular flexibility index (Phi) is 5.67. The number of benzene rings is 3. The van der Waals surface area contributed by atoms with Crippen LogP contribution in [0.3, 0.4) is 0 Å². The maximum absolute atomic E-state index is 13.2. The molecule has 0 aliphatic carbocycles. The zero-order chi connectivity index (χ0) is 22.0. The van der Waals surface area contributed by atoms with Gasteiger partial charge >= 0.3 is 6.18 Å². The predicted molar refractivity (Wildman–Crippen MR) is 112 cm³/mol. The van der Waals surface area contributed by atoms with E-state index in [1.807, 2.05) is 36.4 Å². The van der Waals surface area contributed by atoms with Crippen LogP contribution in [-0.4, -0.2) is 35.8 Å². The number of fused-ring (bicyclic) bond motifs is 1. The van der Waals surface area contributed by atoms with Gasteiger partial charge in [0.2, 0.25) is 0 Å². The van der Waals surface area contributed by atoms with Crippen LogP contribution in [0.4, 0.5) is 13.2 Å². The van der Waals surface area contributed by atoms with E-state index in [1.165, 1.54) is 23.1 Å². The zero-order valence-electron chi connectivity index (χ0n) is 16.7. The lowest BCUT2D eigenvalue weighted by atomic mass is 10.00. The number of hydrogen-bond donors (Lipinski definition) is 1. The molecule has 1 aliphatic rings. The third kappa shape index (κ3) is 4.40. The Bertz CT molecular complexity index is 1110. The number of alkyl halides is 3. The number of hydrogen-bond acceptors (Lipinski definition) is 2. The number of nitrogens with one attached hydrogen (secondary N) is 1. The molecule has 0 radical (unpaired) electrons. The van der Waals surface area contributed by atoms with Crippen LogP contribution in [0.2, 0.25) is 0 Å². The van der Waals surface area contributed by atoms with Gasteiger partial charge in [-0.3, -0.25) is 9.59 Å². The lowest BCUT2D eigenvalue weighted by molar-refractivity contribution is -0.138. The summed E-state index contributed by atoms with van der Waals surface area (Å²) in [7, 11) is 0. The highest BCUT2D eigenvalue weighted by molar-refractivity contribution is 6.07. The molecule has 3 aromatic carbocycles. The first-order valence-corrected chi connectivity index (χ1v) is 10.1. The molecule has 0 saturated carbocycles. The summed E-state index contributed by atoms with van der Waals surface area (Å²) in [6.45, 7) is 0.566. The summed E-state index contributed by atoms with van der Waals surface area (Å²) in [5.41, 5.74) is -0.685. The fourth-order valence-corrected chi connectivity index (χ4v) is 4.00. The van der Waals surface area contributed by atoms with E-state index >= 15 is 0 Å². The van der Waals surface area contributed by atoms with Crippen molar-refractivity contribution in [3.05, 3.63) is 83.4 Å². The van der Waals surface area contributed by atoms with E-state index in [-0.39, 0.29) is 30.6 Å². The van der Waals surface area contributed by atoms with E-state index in [9.17, 15) is 22.8 Å². The molecule has 1 heterocycles. The molecule has 1 N–H and O–H groups in total. The second-order valence-electron chi connectivity index (χ2n) is 7.61. The van der Waals surface area contributed by atoms with Gasteiger partial charge in [0.05, 0.1) is 11.1 Å². The van der Waals surface area contributed by atoms with E-state index in [0.717, 1.165) is 16.8 Å². The second-order valence-corrected chi connectivity index (χ2v) is 7.61. The van der Waals surface area contributed by atoms with Crippen molar-refractivity contribution < 1.29 is 22.8 Å². The minimum Gasteiger partial charge on any atom is -0.349 e. The summed E-state index contributed by atoms with van der Waals surface area (Å²) in [6.07, 6.45) is -3.62. The van der Waals surface area contributed by atoms with Crippen LogP contribution in [0, 0.1) is 0 Å². The molecule has 2 amide bonds. The van der Waals surface area contributed by atoms with E-state index < -0.39 is 17.6 Å². The number of likely N-dealkylation sites (tertiary alicyclic amines) is 1. The lowest BCUT2D eigenvalue weighted by Gasteiger charge is -2.33. The zero-order valence-corrected chi connectivity index (χ0v) is 16.7. The SMILES string of the molecule is O=C(NC1CCN(C(=O)c2ccccc2C(F)(F)F)CC1)c1cccc2ccccc12. The Morgan fingerprint density at radius 3 is 2.19 bits per heavy atom. The Labute approximate surface area is 177 Å². The minimum atomic E-state index is -4.59. The fourth-order valence-electron chi connectivity index (χ4n) is 4.00. The van der Waals surface area contributed by atoms with E-state index in [1.54, 1.807) is 6.07 Å². The molecule has 1 saturated heterocycles. The van der Waals surface area contributed by atoms with Crippen molar-refractivity contribution in [2.24, 2.45) is 0 Å². The number of rotatable bonds is 3. The first-order valence-electron chi connectivity index (χ1n) is 10.1. The normalized spacial score (nSPS) is 15.1. The standard InChI is InChI=1S/C24H21F3N2O2/c25-24(26,27)21-11-4-3-9-20(21)23(31)29-14-12-17(13-15-29)28-22(30)19-10-5-7-16-6-1-2-8-18(16)19/h1-11,17H,12-15H2,(H,28,30). The van der Waals surface area contributed by atoms with Crippen LogP contribution in [-0.2, 0) is 6.18 Å². The van der Waals surface area contributed by atoms with Crippen LogP contribution in [0.1, 0.15) is 39.1 Å². The minimum absolute atomic E-state index is 0.145. The molecular weight excluding hydrogens is 405 g/mol. The number of carbonyl (C=O) groups is 2. The first kappa shape index (κ1) is 20.9. The maximum Gasteiger partial charge on any atom is 0.417 e. The summed E-state index contributed by atoms with van der Waals surface area (Å²) in [5.74, 6) is -0.823. The van der Waals surface area contributed by atoms with Crippen molar-refractivity contribution in [3.63, 3.8) is 0 Å². The summed E-state index contributed by atoms with van der Waals surface area (Å²) in [6, 6.07) is 17.8. The van der Waals surface area contributed by atoms with Crippen LogP contribution in [0.25, 0.3) is 10.8 Å². The molecule has 160 valence electrons. The lowest BCUT2D eigenvalue weighted by Crippen LogP contribution is -2.46. The third-order valence-electron chi connectivity index (χ3n) is 5.61. The molecule has 3 aromatic rings. The molecular formula is C24H21F3N2O2. The second kappa shape index (κ2) is 8.41. The Morgan fingerprint density at radius 1 is 0.839 bits per heavy atom. The molecule has 7 heteroatoms. The summed E-state index contributed by atoms with van der Waals surface area (Å²) in [4.78, 5) is 26.9. The van der Waals surface area contributed by atoms with Crippen molar-refractivity contribution in [3.8, 4) is 0 Å². The van der Waals surface area contributed by atoms with E-state index in [2.05, 4.69) is 5.32 Å².